The van der Waals surface area contributed by atoms with Gasteiger partial charge >= 0.3 is 0 Å². The molecule has 0 aliphatic rings. The molecule has 0 radical (unpaired) electrons. The van der Waals surface area contributed by atoms with Crippen LogP contribution in [-0.4, -0.2) is 23.5 Å². The second-order valence-electron chi connectivity index (χ2n) is 7.43. The van der Waals surface area contributed by atoms with E-state index in [0.717, 1.165) is 12.8 Å². The maximum atomic E-state index is 12.7. The van der Waals surface area contributed by atoms with Gasteiger partial charge in [-0.3, -0.25) is 14.9 Å². The molecule has 0 aliphatic heterocycles. The second kappa shape index (κ2) is 12.3. The number of para-hydroxylation sites is 1. The summed E-state index contributed by atoms with van der Waals surface area (Å²) in [5.41, 5.74) is 1.45. The molecule has 0 saturated carbocycles. The fourth-order valence-electron chi connectivity index (χ4n) is 2.66. The fraction of sp³-hybridized carbons (Fsp3) is 0.348. The summed E-state index contributed by atoms with van der Waals surface area (Å²) in [6.45, 7) is 6.68. The number of carbonyl (C=O) groups excluding carboxylic acids is 2. The van der Waals surface area contributed by atoms with Crippen molar-refractivity contribution in [1.82, 2.24) is 5.32 Å². The van der Waals surface area contributed by atoms with E-state index in [1.165, 1.54) is 0 Å². The zero-order valence-electron chi connectivity index (χ0n) is 18.0. The fourth-order valence-corrected chi connectivity index (χ4v) is 3.03. The lowest BCUT2D eigenvalue weighted by Gasteiger charge is -2.15. The third-order valence-electron chi connectivity index (χ3n) is 4.29. The molecule has 0 saturated heterocycles. The Bertz CT molecular complexity index is 934. The number of amides is 2. The Balaban J connectivity index is 2.03. The molecule has 3 N–H and O–H groups in total. The minimum atomic E-state index is -0.388. The van der Waals surface area contributed by atoms with Gasteiger partial charge in [0, 0.05) is 12.1 Å². The number of hydrogen-bond acceptors (Lipinski definition) is 4. The van der Waals surface area contributed by atoms with Crippen LogP contribution in [0.15, 0.2) is 42.5 Å². The zero-order chi connectivity index (χ0) is 22.8. The normalized spacial score (nSPS) is 10.5. The number of rotatable bonds is 9. The van der Waals surface area contributed by atoms with Crippen LogP contribution in [0.2, 0.25) is 5.02 Å². The Morgan fingerprint density at radius 3 is 2.58 bits per heavy atom. The molecule has 2 aromatic carbocycles. The molecular formula is C23H28ClN3O3S. The molecule has 0 unspecified atom stereocenters. The summed E-state index contributed by atoms with van der Waals surface area (Å²) >= 11 is 11.5. The van der Waals surface area contributed by atoms with Gasteiger partial charge in [-0.25, -0.2) is 0 Å². The molecule has 0 spiro atoms. The first-order valence-corrected chi connectivity index (χ1v) is 11.0. The smallest absolute Gasteiger partial charge is 0.261 e. The molecule has 6 nitrogen and oxygen atoms in total. The van der Waals surface area contributed by atoms with Crippen molar-refractivity contribution in [3.8, 4) is 5.75 Å². The van der Waals surface area contributed by atoms with Crippen LogP contribution in [0.4, 0.5) is 11.4 Å². The van der Waals surface area contributed by atoms with E-state index in [9.17, 15) is 9.59 Å². The van der Waals surface area contributed by atoms with Crippen molar-refractivity contribution >= 4 is 52.1 Å². The Morgan fingerprint density at radius 2 is 1.87 bits per heavy atom. The Labute approximate surface area is 193 Å². The van der Waals surface area contributed by atoms with Crippen LogP contribution in [0.1, 0.15) is 50.4 Å². The number of benzene rings is 2. The van der Waals surface area contributed by atoms with Gasteiger partial charge in [-0.05, 0) is 61.3 Å². The zero-order valence-corrected chi connectivity index (χ0v) is 19.5. The number of hydrogen-bond donors (Lipinski definition) is 3. The van der Waals surface area contributed by atoms with E-state index in [4.69, 9.17) is 28.6 Å². The van der Waals surface area contributed by atoms with Gasteiger partial charge in [0.15, 0.2) is 5.11 Å². The minimum Gasteiger partial charge on any atom is -0.493 e. The number of anilines is 2. The number of thiocarbonyl (C=S) groups is 1. The summed E-state index contributed by atoms with van der Waals surface area (Å²) in [5, 5.41) is 8.85. The summed E-state index contributed by atoms with van der Waals surface area (Å²) in [4.78, 5) is 24.5. The largest absolute Gasteiger partial charge is 0.493 e. The van der Waals surface area contributed by atoms with Gasteiger partial charge in [0.1, 0.15) is 5.75 Å². The highest BCUT2D eigenvalue weighted by atomic mass is 35.5. The van der Waals surface area contributed by atoms with Crippen molar-refractivity contribution in [1.29, 1.82) is 0 Å². The van der Waals surface area contributed by atoms with Crippen molar-refractivity contribution in [3.63, 3.8) is 0 Å². The van der Waals surface area contributed by atoms with Crippen molar-refractivity contribution in [3.05, 3.63) is 53.1 Å². The first-order chi connectivity index (χ1) is 14.8. The predicted molar refractivity (Wildman–Crippen MR) is 130 cm³/mol. The van der Waals surface area contributed by atoms with Gasteiger partial charge in [0.25, 0.3) is 5.91 Å². The maximum Gasteiger partial charge on any atom is 0.261 e. The lowest BCUT2D eigenvalue weighted by Crippen LogP contribution is -2.34. The van der Waals surface area contributed by atoms with Crippen LogP contribution in [0.3, 0.4) is 0 Å². The van der Waals surface area contributed by atoms with E-state index in [-0.39, 0.29) is 16.9 Å². The van der Waals surface area contributed by atoms with Gasteiger partial charge < -0.3 is 15.4 Å². The molecule has 2 rings (SSSR count). The van der Waals surface area contributed by atoms with Gasteiger partial charge in [-0.1, -0.05) is 44.5 Å². The summed E-state index contributed by atoms with van der Waals surface area (Å²) in [5.74, 6) is 0.536. The quantitative estimate of drug-likeness (QED) is 0.422. The Kier molecular flexibility index (Phi) is 9.75. The van der Waals surface area contributed by atoms with Crippen molar-refractivity contribution < 1.29 is 14.3 Å². The van der Waals surface area contributed by atoms with Crippen LogP contribution >= 0.6 is 23.8 Å². The lowest BCUT2D eigenvalue weighted by molar-refractivity contribution is -0.116. The van der Waals surface area contributed by atoms with Crippen molar-refractivity contribution in [2.45, 2.75) is 40.0 Å². The van der Waals surface area contributed by atoms with Crippen molar-refractivity contribution in [2.24, 2.45) is 5.92 Å². The Hall–Kier alpha value is -2.64. The minimum absolute atomic E-state index is 0.0827. The number of nitrogens with one attached hydrogen (secondary N) is 3. The second-order valence-corrected chi connectivity index (χ2v) is 8.24. The van der Waals surface area contributed by atoms with Crippen molar-refractivity contribution in [2.75, 3.05) is 17.2 Å². The molecule has 31 heavy (non-hydrogen) atoms. The van der Waals surface area contributed by atoms with E-state index < -0.39 is 0 Å². The first-order valence-electron chi connectivity index (χ1n) is 10.2. The molecule has 0 aromatic heterocycles. The first kappa shape index (κ1) is 24.6. The summed E-state index contributed by atoms with van der Waals surface area (Å²) in [6, 6.07) is 12.0. The molecule has 2 aromatic rings. The average molecular weight is 462 g/mol. The van der Waals surface area contributed by atoms with E-state index in [2.05, 4.69) is 29.8 Å². The van der Waals surface area contributed by atoms with E-state index in [1.807, 2.05) is 13.0 Å². The van der Waals surface area contributed by atoms with E-state index >= 15 is 0 Å². The third-order valence-corrected chi connectivity index (χ3v) is 4.82. The van der Waals surface area contributed by atoms with Crippen LogP contribution in [0, 0.1) is 5.92 Å². The van der Waals surface area contributed by atoms with Gasteiger partial charge in [0.2, 0.25) is 5.91 Å². The SMILES string of the molecule is CCCC(=O)Nc1ccc(Cl)c(NC(=S)NC(=O)c2ccccc2OCCC(C)C)c1. The highest BCUT2D eigenvalue weighted by Gasteiger charge is 2.15. The Morgan fingerprint density at radius 1 is 1.13 bits per heavy atom. The molecule has 2 amide bonds. The van der Waals surface area contributed by atoms with Gasteiger partial charge in [-0.2, -0.15) is 0 Å². The number of carbonyl (C=O) groups is 2. The molecule has 0 fully saturated rings. The molecule has 0 aliphatic carbocycles. The summed E-state index contributed by atoms with van der Waals surface area (Å²) < 4.78 is 5.77. The molecular weight excluding hydrogens is 434 g/mol. The molecule has 0 heterocycles. The lowest BCUT2D eigenvalue weighted by atomic mass is 10.1. The van der Waals surface area contributed by atoms with Gasteiger partial charge in [0.05, 0.1) is 22.9 Å². The molecule has 0 bridgehead atoms. The van der Waals surface area contributed by atoms with Crippen LogP contribution in [0.25, 0.3) is 0 Å². The standard InChI is InChI=1S/C23H28ClN3O3S/c1-4-7-21(28)25-16-10-11-18(24)19(14-16)26-23(31)27-22(29)17-8-5-6-9-20(17)30-13-12-15(2)3/h5-6,8-11,14-15H,4,7,12-13H2,1-3H3,(H,25,28)(H2,26,27,29,31). The molecule has 8 heteroatoms. The van der Waals surface area contributed by atoms with Crippen LogP contribution < -0.4 is 20.7 Å². The van der Waals surface area contributed by atoms with E-state index in [1.54, 1.807) is 36.4 Å². The van der Waals surface area contributed by atoms with E-state index in [0.29, 0.717) is 46.7 Å². The monoisotopic (exact) mass is 461 g/mol. The number of halogens is 1. The number of ether oxygens (including phenoxy) is 1. The highest BCUT2D eigenvalue weighted by molar-refractivity contribution is 7.80. The average Bonchev–Trinajstić information content (AvgIpc) is 2.70. The predicted octanol–water partition coefficient (Wildman–Crippen LogP) is 5.63. The summed E-state index contributed by atoms with van der Waals surface area (Å²) in [6.07, 6.45) is 2.07. The molecule has 0 atom stereocenters. The third kappa shape index (κ3) is 8.19. The van der Waals surface area contributed by atoms with Crippen LogP contribution in [-0.2, 0) is 4.79 Å². The maximum absolute atomic E-state index is 12.7. The molecule has 166 valence electrons. The topological polar surface area (TPSA) is 79.5 Å². The van der Waals surface area contributed by atoms with Gasteiger partial charge in [-0.15, -0.1) is 0 Å². The highest BCUT2D eigenvalue weighted by Crippen LogP contribution is 2.26. The summed E-state index contributed by atoms with van der Waals surface area (Å²) in [7, 11) is 0. The van der Waals surface area contributed by atoms with Crippen LogP contribution in [0.5, 0.6) is 5.75 Å².